The van der Waals surface area contributed by atoms with Gasteiger partial charge < -0.3 is 9.80 Å². The van der Waals surface area contributed by atoms with Gasteiger partial charge in [0, 0.05) is 37.2 Å². The zero-order valence-corrected chi connectivity index (χ0v) is 16.7. The molecule has 0 aliphatic carbocycles. The number of carbonyl (C=O) groups excluding carboxylic acids is 1. The molecule has 0 atom stereocenters. The smallest absolute Gasteiger partial charge is 0.257 e. The molecule has 0 radical (unpaired) electrons. The second-order valence-corrected chi connectivity index (χ2v) is 7.81. The van der Waals surface area contributed by atoms with Gasteiger partial charge in [-0.15, -0.1) is 0 Å². The Morgan fingerprint density at radius 1 is 0.900 bits per heavy atom. The van der Waals surface area contributed by atoms with Crippen LogP contribution >= 0.6 is 0 Å². The van der Waals surface area contributed by atoms with Crippen LogP contribution in [0.15, 0.2) is 54.6 Å². The number of carbonyl (C=O) groups is 1. The zero-order chi connectivity index (χ0) is 20.5. The van der Waals surface area contributed by atoms with Crippen LogP contribution < -0.4 is 4.90 Å². The molecule has 0 N–H and O–H groups in total. The first kappa shape index (κ1) is 18.7. The summed E-state index contributed by atoms with van der Waals surface area (Å²) in [6, 6.07) is 16.2. The van der Waals surface area contributed by atoms with Crippen molar-refractivity contribution in [1.29, 1.82) is 0 Å². The van der Waals surface area contributed by atoms with Gasteiger partial charge in [0.25, 0.3) is 5.91 Å². The van der Waals surface area contributed by atoms with Crippen molar-refractivity contribution in [2.45, 2.75) is 25.8 Å². The van der Waals surface area contributed by atoms with Gasteiger partial charge in [-0.3, -0.25) is 4.79 Å². The van der Waals surface area contributed by atoms with E-state index >= 15 is 0 Å². The van der Waals surface area contributed by atoms with Crippen LogP contribution in [0.4, 0.5) is 10.2 Å². The topological polar surface area (TPSA) is 49.3 Å². The lowest BCUT2D eigenvalue weighted by molar-refractivity contribution is 0.0729. The molecule has 2 aromatic carbocycles. The van der Waals surface area contributed by atoms with Crippen LogP contribution in [0.3, 0.4) is 0 Å². The molecule has 5 nitrogen and oxygen atoms in total. The number of halogens is 1. The number of aromatic nitrogens is 2. The Labute approximate surface area is 175 Å². The van der Waals surface area contributed by atoms with Gasteiger partial charge in [-0.05, 0) is 25.0 Å². The first-order chi connectivity index (χ1) is 14.7. The third kappa shape index (κ3) is 3.43. The molecule has 2 aliphatic rings. The molecule has 0 unspecified atom stereocenters. The van der Waals surface area contributed by atoms with Crippen LogP contribution in [0.5, 0.6) is 0 Å². The lowest BCUT2D eigenvalue weighted by Gasteiger charge is -2.32. The first-order valence-electron chi connectivity index (χ1n) is 10.4. The predicted octanol–water partition coefficient (Wildman–Crippen LogP) is 4.08. The molecule has 0 bridgehead atoms. The number of rotatable bonds is 3. The Balaban J connectivity index is 1.53. The lowest BCUT2D eigenvalue weighted by atomic mass is 10.0. The fourth-order valence-electron chi connectivity index (χ4n) is 4.28. The minimum atomic E-state index is -0.483. The lowest BCUT2D eigenvalue weighted by Crippen LogP contribution is -2.38. The van der Waals surface area contributed by atoms with Crippen LogP contribution in [0.1, 0.15) is 34.5 Å². The van der Waals surface area contributed by atoms with E-state index in [9.17, 15) is 9.18 Å². The second kappa shape index (κ2) is 7.86. The molecule has 3 aromatic rings. The van der Waals surface area contributed by atoms with Crippen molar-refractivity contribution in [1.82, 2.24) is 14.9 Å². The maximum atomic E-state index is 14.2. The third-order valence-electron chi connectivity index (χ3n) is 5.87. The summed E-state index contributed by atoms with van der Waals surface area (Å²) in [5, 5.41) is 0. The minimum absolute atomic E-state index is 0.116. The molecular formula is C24H23FN4O. The van der Waals surface area contributed by atoms with E-state index in [4.69, 9.17) is 9.97 Å². The number of hydrogen-bond donors (Lipinski definition) is 0. The van der Waals surface area contributed by atoms with E-state index in [1.165, 1.54) is 6.07 Å². The quantitative estimate of drug-likeness (QED) is 0.662. The van der Waals surface area contributed by atoms with Gasteiger partial charge in [-0.25, -0.2) is 14.4 Å². The van der Waals surface area contributed by atoms with Crippen LogP contribution in [-0.2, 0) is 13.0 Å². The van der Waals surface area contributed by atoms with E-state index in [0.29, 0.717) is 19.5 Å². The highest BCUT2D eigenvalue weighted by Crippen LogP contribution is 2.32. The van der Waals surface area contributed by atoms with E-state index < -0.39 is 5.82 Å². The van der Waals surface area contributed by atoms with Crippen LogP contribution in [0, 0.1) is 5.82 Å². The highest BCUT2D eigenvalue weighted by Gasteiger charge is 2.30. The first-order valence-corrected chi connectivity index (χ1v) is 10.4. The number of fused-ring (bicyclic) bond motifs is 1. The largest absolute Gasteiger partial charge is 0.356 e. The molecule has 6 heteroatoms. The molecule has 1 fully saturated rings. The van der Waals surface area contributed by atoms with Crippen LogP contribution in [0.2, 0.25) is 0 Å². The van der Waals surface area contributed by atoms with Gasteiger partial charge in [0.1, 0.15) is 11.6 Å². The van der Waals surface area contributed by atoms with Crippen LogP contribution in [-0.4, -0.2) is 40.4 Å². The van der Waals surface area contributed by atoms with Gasteiger partial charge in [0.2, 0.25) is 0 Å². The standard InChI is InChI=1S/C24H23FN4O/c25-20-11-5-4-10-18(20)24(30)29-15-12-21-19(16-29)23(28-13-6-7-14-28)27-22(26-21)17-8-2-1-3-9-17/h1-5,8-11H,6-7,12-16H2. The number of anilines is 1. The Hall–Kier alpha value is -3.28. The molecule has 0 spiro atoms. The Bertz CT molecular complexity index is 1080. The van der Waals surface area contributed by atoms with E-state index in [1.54, 1.807) is 23.1 Å². The normalized spacial score (nSPS) is 15.9. The third-order valence-corrected chi connectivity index (χ3v) is 5.87. The predicted molar refractivity (Wildman–Crippen MR) is 114 cm³/mol. The van der Waals surface area contributed by atoms with E-state index in [0.717, 1.165) is 54.4 Å². The maximum Gasteiger partial charge on any atom is 0.257 e. The maximum absolute atomic E-state index is 14.2. The Morgan fingerprint density at radius 3 is 2.40 bits per heavy atom. The Morgan fingerprint density at radius 2 is 1.63 bits per heavy atom. The summed E-state index contributed by atoms with van der Waals surface area (Å²) in [5.74, 6) is 0.884. The van der Waals surface area contributed by atoms with E-state index in [2.05, 4.69) is 4.90 Å². The Kier molecular flexibility index (Phi) is 4.91. The van der Waals surface area contributed by atoms with Crippen molar-refractivity contribution >= 4 is 11.7 Å². The second-order valence-electron chi connectivity index (χ2n) is 7.81. The van der Waals surface area contributed by atoms with Gasteiger partial charge in [-0.1, -0.05) is 42.5 Å². The van der Waals surface area contributed by atoms with Crippen molar-refractivity contribution < 1.29 is 9.18 Å². The van der Waals surface area contributed by atoms with Crippen molar-refractivity contribution in [2.75, 3.05) is 24.5 Å². The number of benzene rings is 2. The molecule has 30 heavy (non-hydrogen) atoms. The summed E-state index contributed by atoms with van der Waals surface area (Å²) in [7, 11) is 0. The van der Waals surface area contributed by atoms with E-state index in [-0.39, 0.29) is 11.5 Å². The molecule has 5 rings (SSSR count). The molecule has 1 amide bonds. The number of nitrogens with zero attached hydrogens (tertiary/aromatic N) is 4. The average molecular weight is 402 g/mol. The monoisotopic (exact) mass is 402 g/mol. The molecule has 1 aromatic heterocycles. The van der Waals surface area contributed by atoms with Gasteiger partial charge in [-0.2, -0.15) is 0 Å². The van der Waals surface area contributed by atoms with Gasteiger partial charge in [0.15, 0.2) is 5.82 Å². The number of hydrogen-bond acceptors (Lipinski definition) is 4. The average Bonchev–Trinajstić information content (AvgIpc) is 3.33. The molecule has 3 heterocycles. The fraction of sp³-hybridized carbons (Fsp3) is 0.292. The summed E-state index contributed by atoms with van der Waals surface area (Å²) in [6.45, 7) is 2.84. The molecule has 152 valence electrons. The summed E-state index contributed by atoms with van der Waals surface area (Å²) in [4.78, 5) is 26.8. The summed E-state index contributed by atoms with van der Waals surface area (Å²) in [6.07, 6.45) is 2.91. The van der Waals surface area contributed by atoms with Crippen molar-refractivity contribution in [3.05, 3.63) is 77.2 Å². The summed E-state index contributed by atoms with van der Waals surface area (Å²) < 4.78 is 14.2. The minimum Gasteiger partial charge on any atom is -0.356 e. The molecule has 0 saturated carbocycles. The van der Waals surface area contributed by atoms with E-state index in [1.807, 2.05) is 30.3 Å². The van der Waals surface area contributed by atoms with Gasteiger partial charge in [0.05, 0.1) is 17.8 Å². The van der Waals surface area contributed by atoms with Crippen molar-refractivity contribution in [3.8, 4) is 11.4 Å². The summed E-state index contributed by atoms with van der Waals surface area (Å²) >= 11 is 0. The van der Waals surface area contributed by atoms with Gasteiger partial charge >= 0.3 is 0 Å². The zero-order valence-electron chi connectivity index (χ0n) is 16.7. The van der Waals surface area contributed by atoms with Crippen LogP contribution in [0.25, 0.3) is 11.4 Å². The number of amides is 1. The molecule has 2 aliphatic heterocycles. The highest BCUT2D eigenvalue weighted by atomic mass is 19.1. The SMILES string of the molecule is O=C(c1ccccc1F)N1CCc2nc(-c3ccccc3)nc(N3CCCC3)c2C1. The molecular weight excluding hydrogens is 379 g/mol. The van der Waals surface area contributed by atoms with Crippen molar-refractivity contribution in [2.24, 2.45) is 0 Å². The fourth-order valence-corrected chi connectivity index (χ4v) is 4.28. The van der Waals surface area contributed by atoms with Crippen molar-refractivity contribution in [3.63, 3.8) is 0 Å². The highest BCUT2D eigenvalue weighted by molar-refractivity contribution is 5.94. The summed E-state index contributed by atoms with van der Waals surface area (Å²) in [5.41, 5.74) is 3.09. The molecule has 1 saturated heterocycles.